The standard InChI is InChI=1S/C17H15N3S/c1-13-5-4-6-14(11-13)12-21-17-9-8-16(19-20-17)15-7-2-3-10-18-15/h2-11H,12H2,1H3. The zero-order valence-corrected chi connectivity index (χ0v) is 12.5. The normalized spacial score (nSPS) is 10.5. The summed E-state index contributed by atoms with van der Waals surface area (Å²) in [6.07, 6.45) is 1.76. The van der Waals surface area contributed by atoms with Crippen molar-refractivity contribution in [2.24, 2.45) is 0 Å². The summed E-state index contributed by atoms with van der Waals surface area (Å²) >= 11 is 1.69. The Hall–Kier alpha value is -2.20. The highest BCUT2D eigenvalue weighted by Gasteiger charge is 2.03. The first-order chi connectivity index (χ1) is 10.3. The second-order valence-electron chi connectivity index (χ2n) is 4.75. The molecule has 0 saturated heterocycles. The lowest BCUT2D eigenvalue weighted by atomic mass is 10.2. The molecule has 1 aromatic carbocycles. The van der Waals surface area contributed by atoms with E-state index in [1.807, 2.05) is 30.3 Å². The number of nitrogens with zero attached hydrogens (tertiary/aromatic N) is 3. The maximum atomic E-state index is 4.27. The fourth-order valence-electron chi connectivity index (χ4n) is 2.01. The number of aromatic nitrogens is 3. The molecule has 3 rings (SSSR count). The summed E-state index contributed by atoms with van der Waals surface area (Å²) in [4.78, 5) is 4.27. The Kier molecular flexibility index (Phi) is 4.26. The number of hydrogen-bond acceptors (Lipinski definition) is 4. The van der Waals surface area contributed by atoms with E-state index in [4.69, 9.17) is 0 Å². The summed E-state index contributed by atoms with van der Waals surface area (Å²) < 4.78 is 0. The molecular formula is C17H15N3S. The number of thioether (sulfide) groups is 1. The van der Waals surface area contributed by atoms with Crippen LogP contribution < -0.4 is 0 Å². The molecule has 0 saturated carbocycles. The second kappa shape index (κ2) is 6.50. The lowest BCUT2D eigenvalue weighted by molar-refractivity contribution is 0.931. The van der Waals surface area contributed by atoms with Crippen LogP contribution in [0.4, 0.5) is 0 Å². The van der Waals surface area contributed by atoms with Gasteiger partial charge in [0.05, 0.1) is 5.69 Å². The SMILES string of the molecule is Cc1cccc(CSc2ccc(-c3ccccn3)nn2)c1. The van der Waals surface area contributed by atoms with Crippen molar-refractivity contribution in [1.82, 2.24) is 15.2 Å². The number of hydrogen-bond donors (Lipinski definition) is 0. The quantitative estimate of drug-likeness (QED) is 0.678. The van der Waals surface area contributed by atoms with Crippen molar-refractivity contribution in [3.8, 4) is 11.4 Å². The van der Waals surface area contributed by atoms with Crippen molar-refractivity contribution in [2.75, 3.05) is 0 Å². The van der Waals surface area contributed by atoms with E-state index in [1.165, 1.54) is 11.1 Å². The van der Waals surface area contributed by atoms with Gasteiger partial charge in [0, 0.05) is 11.9 Å². The van der Waals surface area contributed by atoms with Crippen LogP contribution in [0.25, 0.3) is 11.4 Å². The number of benzene rings is 1. The third-order valence-electron chi connectivity index (χ3n) is 3.04. The zero-order chi connectivity index (χ0) is 14.5. The van der Waals surface area contributed by atoms with Crippen molar-refractivity contribution < 1.29 is 0 Å². The van der Waals surface area contributed by atoms with Crippen LogP contribution in [-0.2, 0) is 5.75 Å². The molecular weight excluding hydrogens is 278 g/mol. The molecule has 0 unspecified atom stereocenters. The number of pyridine rings is 1. The fourth-order valence-corrected chi connectivity index (χ4v) is 2.76. The predicted molar refractivity (Wildman–Crippen MR) is 86.0 cm³/mol. The minimum atomic E-state index is 0.801. The molecule has 0 aliphatic rings. The van der Waals surface area contributed by atoms with E-state index < -0.39 is 0 Å². The molecule has 0 fully saturated rings. The molecule has 0 amide bonds. The largest absolute Gasteiger partial charge is 0.255 e. The molecule has 0 aliphatic heterocycles. The Balaban J connectivity index is 1.68. The van der Waals surface area contributed by atoms with Crippen molar-refractivity contribution in [3.05, 3.63) is 71.9 Å². The molecule has 2 aromatic heterocycles. The first-order valence-electron chi connectivity index (χ1n) is 6.75. The van der Waals surface area contributed by atoms with Gasteiger partial charge in [-0.05, 0) is 36.8 Å². The smallest absolute Gasteiger partial charge is 0.119 e. The molecule has 104 valence electrons. The summed E-state index contributed by atoms with van der Waals surface area (Å²) in [5, 5.41) is 9.44. The Morgan fingerprint density at radius 2 is 1.86 bits per heavy atom. The monoisotopic (exact) mass is 293 g/mol. The Morgan fingerprint density at radius 1 is 0.905 bits per heavy atom. The van der Waals surface area contributed by atoms with E-state index in [1.54, 1.807) is 18.0 Å². The van der Waals surface area contributed by atoms with Crippen LogP contribution in [0.2, 0.25) is 0 Å². The van der Waals surface area contributed by atoms with Crippen LogP contribution in [0.5, 0.6) is 0 Å². The fraction of sp³-hybridized carbons (Fsp3) is 0.118. The molecule has 0 N–H and O–H groups in total. The summed E-state index contributed by atoms with van der Waals surface area (Å²) in [5.74, 6) is 0.902. The van der Waals surface area contributed by atoms with Crippen LogP contribution in [-0.4, -0.2) is 15.2 Å². The van der Waals surface area contributed by atoms with Gasteiger partial charge in [-0.1, -0.05) is 47.7 Å². The van der Waals surface area contributed by atoms with Crippen LogP contribution in [0.15, 0.2) is 65.8 Å². The highest BCUT2D eigenvalue weighted by molar-refractivity contribution is 7.98. The predicted octanol–water partition coefficient (Wildman–Crippen LogP) is 4.14. The van der Waals surface area contributed by atoms with Crippen LogP contribution in [0.3, 0.4) is 0 Å². The highest BCUT2D eigenvalue weighted by Crippen LogP contribution is 2.22. The first kappa shape index (κ1) is 13.8. The van der Waals surface area contributed by atoms with Crippen molar-refractivity contribution in [1.29, 1.82) is 0 Å². The Bertz CT molecular complexity index is 712. The number of rotatable bonds is 4. The van der Waals surface area contributed by atoms with E-state index in [9.17, 15) is 0 Å². The zero-order valence-electron chi connectivity index (χ0n) is 11.7. The average Bonchev–Trinajstić information content (AvgIpc) is 2.54. The van der Waals surface area contributed by atoms with Crippen molar-refractivity contribution in [2.45, 2.75) is 17.7 Å². The first-order valence-corrected chi connectivity index (χ1v) is 7.73. The van der Waals surface area contributed by atoms with Crippen molar-refractivity contribution >= 4 is 11.8 Å². The molecule has 0 atom stereocenters. The van der Waals surface area contributed by atoms with Crippen LogP contribution in [0, 0.1) is 6.92 Å². The Morgan fingerprint density at radius 3 is 2.57 bits per heavy atom. The maximum absolute atomic E-state index is 4.27. The summed E-state index contributed by atoms with van der Waals surface area (Å²) in [7, 11) is 0. The molecule has 0 bridgehead atoms. The molecule has 0 radical (unpaired) electrons. The van der Waals surface area contributed by atoms with Gasteiger partial charge in [-0.15, -0.1) is 10.2 Å². The average molecular weight is 293 g/mol. The lowest BCUT2D eigenvalue weighted by Crippen LogP contribution is -1.91. The van der Waals surface area contributed by atoms with Gasteiger partial charge < -0.3 is 0 Å². The minimum absolute atomic E-state index is 0.801. The van der Waals surface area contributed by atoms with E-state index in [0.29, 0.717) is 0 Å². The van der Waals surface area contributed by atoms with Crippen LogP contribution >= 0.6 is 11.8 Å². The molecule has 0 aliphatic carbocycles. The number of aryl methyl sites for hydroxylation is 1. The van der Waals surface area contributed by atoms with E-state index in [0.717, 1.165) is 22.2 Å². The molecule has 4 heteroatoms. The topological polar surface area (TPSA) is 38.7 Å². The van der Waals surface area contributed by atoms with Gasteiger partial charge in [-0.3, -0.25) is 4.98 Å². The molecule has 3 nitrogen and oxygen atoms in total. The Labute approximate surface area is 128 Å². The van der Waals surface area contributed by atoms with E-state index in [-0.39, 0.29) is 0 Å². The molecule has 0 spiro atoms. The van der Waals surface area contributed by atoms with Gasteiger partial charge in [-0.25, -0.2) is 0 Å². The second-order valence-corrected chi connectivity index (χ2v) is 5.75. The summed E-state index contributed by atoms with van der Waals surface area (Å²) in [6.45, 7) is 2.11. The van der Waals surface area contributed by atoms with Gasteiger partial charge in [-0.2, -0.15) is 0 Å². The van der Waals surface area contributed by atoms with Gasteiger partial charge in [0.2, 0.25) is 0 Å². The van der Waals surface area contributed by atoms with Crippen molar-refractivity contribution in [3.63, 3.8) is 0 Å². The third kappa shape index (κ3) is 3.67. The van der Waals surface area contributed by atoms with Gasteiger partial charge in [0.15, 0.2) is 0 Å². The van der Waals surface area contributed by atoms with Gasteiger partial charge in [0.25, 0.3) is 0 Å². The summed E-state index contributed by atoms with van der Waals surface area (Å²) in [5.41, 5.74) is 4.23. The van der Waals surface area contributed by atoms with E-state index >= 15 is 0 Å². The minimum Gasteiger partial charge on any atom is -0.255 e. The molecule has 2 heterocycles. The summed E-state index contributed by atoms with van der Waals surface area (Å²) in [6, 6.07) is 18.3. The molecule has 21 heavy (non-hydrogen) atoms. The van der Waals surface area contributed by atoms with Crippen LogP contribution in [0.1, 0.15) is 11.1 Å². The molecule has 3 aromatic rings. The van der Waals surface area contributed by atoms with E-state index in [2.05, 4.69) is 46.4 Å². The lowest BCUT2D eigenvalue weighted by Gasteiger charge is -2.03. The van der Waals surface area contributed by atoms with Gasteiger partial charge in [0.1, 0.15) is 10.7 Å². The highest BCUT2D eigenvalue weighted by atomic mass is 32.2. The maximum Gasteiger partial charge on any atom is 0.119 e. The third-order valence-corrected chi connectivity index (χ3v) is 4.03. The van der Waals surface area contributed by atoms with Gasteiger partial charge >= 0.3 is 0 Å².